The number of rotatable bonds is 3. The lowest BCUT2D eigenvalue weighted by Crippen LogP contribution is -2.19. The maximum Gasteiger partial charge on any atom is 0.422 e. The molecule has 0 atom stereocenters. The highest BCUT2D eigenvalue weighted by Gasteiger charge is 2.28. The molecular formula is C7H8F3N3O. The molecule has 0 spiro atoms. The third kappa shape index (κ3) is 3.56. The normalized spacial score (nSPS) is 11.4. The Labute approximate surface area is 77.9 Å². The minimum absolute atomic E-state index is 0.167. The summed E-state index contributed by atoms with van der Waals surface area (Å²) < 4.78 is 39.4. The van der Waals surface area contributed by atoms with E-state index < -0.39 is 12.8 Å². The SMILES string of the molecule is NCc1cnc(OCC(F)(F)F)cn1. The molecular weight excluding hydrogens is 199 g/mol. The quantitative estimate of drug-likeness (QED) is 0.799. The minimum atomic E-state index is -4.37. The standard InChI is InChI=1S/C7H8F3N3O/c8-7(9,10)4-14-6-3-12-5(1-11)2-13-6/h2-3H,1,4,11H2. The fraction of sp³-hybridized carbons (Fsp3) is 0.429. The van der Waals surface area contributed by atoms with Gasteiger partial charge in [-0.2, -0.15) is 13.2 Å². The first-order valence-electron chi connectivity index (χ1n) is 3.72. The number of hydrogen-bond donors (Lipinski definition) is 1. The van der Waals surface area contributed by atoms with E-state index in [1.807, 2.05) is 0 Å². The summed E-state index contributed by atoms with van der Waals surface area (Å²) in [6.07, 6.45) is -1.99. The molecule has 0 unspecified atom stereocenters. The van der Waals surface area contributed by atoms with Crippen LogP contribution < -0.4 is 10.5 Å². The van der Waals surface area contributed by atoms with Crippen molar-refractivity contribution in [3.05, 3.63) is 18.1 Å². The van der Waals surface area contributed by atoms with E-state index in [0.717, 1.165) is 6.20 Å². The number of ether oxygens (including phenoxy) is 1. The second-order valence-corrected chi connectivity index (χ2v) is 2.45. The summed E-state index contributed by atoms with van der Waals surface area (Å²) in [5.41, 5.74) is 5.71. The van der Waals surface area contributed by atoms with E-state index in [-0.39, 0.29) is 12.4 Å². The van der Waals surface area contributed by atoms with Gasteiger partial charge in [0.15, 0.2) is 6.61 Å². The lowest BCUT2D eigenvalue weighted by Gasteiger charge is -2.07. The van der Waals surface area contributed by atoms with E-state index in [4.69, 9.17) is 5.73 Å². The number of hydrogen-bond acceptors (Lipinski definition) is 4. The third-order valence-corrected chi connectivity index (χ3v) is 1.27. The minimum Gasteiger partial charge on any atom is -0.467 e. The van der Waals surface area contributed by atoms with Gasteiger partial charge >= 0.3 is 6.18 Å². The summed E-state index contributed by atoms with van der Waals surface area (Å²) in [6, 6.07) is 0. The molecule has 1 rings (SSSR count). The van der Waals surface area contributed by atoms with Crippen molar-refractivity contribution in [1.82, 2.24) is 9.97 Å². The van der Waals surface area contributed by atoms with Crippen molar-refractivity contribution in [2.45, 2.75) is 12.7 Å². The van der Waals surface area contributed by atoms with Gasteiger partial charge in [0.05, 0.1) is 18.1 Å². The molecule has 0 bridgehead atoms. The van der Waals surface area contributed by atoms with E-state index in [9.17, 15) is 13.2 Å². The Morgan fingerprint density at radius 3 is 2.43 bits per heavy atom. The van der Waals surface area contributed by atoms with Crippen LogP contribution in [0.3, 0.4) is 0 Å². The largest absolute Gasteiger partial charge is 0.467 e. The predicted molar refractivity (Wildman–Crippen MR) is 41.5 cm³/mol. The van der Waals surface area contributed by atoms with Crippen LogP contribution in [0, 0.1) is 0 Å². The summed E-state index contributed by atoms with van der Waals surface area (Å²) in [5, 5.41) is 0. The highest BCUT2D eigenvalue weighted by molar-refractivity contribution is 5.06. The van der Waals surface area contributed by atoms with Gasteiger partial charge in [0.1, 0.15) is 0 Å². The Balaban J connectivity index is 2.52. The molecule has 0 aliphatic carbocycles. The summed E-state index contributed by atoms with van der Waals surface area (Å²) in [7, 11) is 0. The fourth-order valence-corrected chi connectivity index (χ4v) is 0.679. The smallest absolute Gasteiger partial charge is 0.422 e. The van der Waals surface area contributed by atoms with Crippen molar-refractivity contribution in [1.29, 1.82) is 0 Å². The van der Waals surface area contributed by atoms with Crippen LogP contribution in [0.1, 0.15) is 5.69 Å². The van der Waals surface area contributed by atoms with Crippen molar-refractivity contribution in [2.75, 3.05) is 6.61 Å². The molecule has 0 aliphatic rings. The second kappa shape index (κ2) is 4.23. The topological polar surface area (TPSA) is 61.0 Å². The van der Waals surface area contributed by atoms with E-state index >= 15 is 0 Å². The Morgan fingerprint density at radius 1 is 1.29 bits per heavy atom. The van der Waals surface area contributed by atoms with Crippen molar-refractivity contribution in [3.8, 4) is 5.88 Å². The first-order valence-corrected chi connectivity index (χ1v) is 3.72. The maximum absolute atomic E-state index is 11.7. The number of halogens is 3. The van der Waals surface area contributed by atoms with Crippen LogP contribution in [0.5, 0.6) is 5.88 Å². The molecule has 2 N–H and O–H groups in total. The van der Waals surface area contributed by atoms with Crippen molar-refractivity contribution in [2.24, 2.45) is 5.73 Å². The predicted octanol–water partition coefficient (Wildman–Crippen LogP) is 0.876. The van der Waals surface area contributed by atoms with Crippen molar-refractivity contribution in [3.63, 3.8) is 0 Å². The molecule has 0 saturated carbocycles. The molecule has 78 valence electrons. The zero-order valence-electron chi connectivity index (χ0n) is 7.08. The van der Waals surface area contributed by atoms with E-state index in [1.165, 1.54) is 6.20 Å². The van der Waals surface area contributed by atoms with Crippen LogP contribution in [-0.4, -0.2) is 22.8 Å². The first-order chi connectivity index (χ1) is 6.51. The molecule has 1 heterocycles. The molecule has 0 aliphatic heterocycles. The van der Waals surface area contributed by atoms with Gasteiger partial charge in [-0.05, 0) is 0 Å². The van der Waals surface area contributed by atoms with Gasteiger partial charge < -0.3 is 10.5 Å². The van der Waals surface area contributed by atoms with Crippen LogP contribution in [0.15, 0.2) is 12.4 Å². The molecule has 0 amide bonds. The second-order valence-electron chi connectivity index (χ2n) is 2.45. The number of nitrogens with zero attached hydrogens (tertiary/aromatic N) is 2. The lowest BCUT2D eigenvalue weighted by molar-refractivity contribution is -0.154. The van der Waals surface area contributed by atoms with Gasteiger partial charge in [0.2, 0.25) is 5.88 Å². The van der Waals surface area contributed by atoms with Crippen LogP contribution in [-0.2, 0) is 6.54 Å². The van der Waals surface area contributed by atoms with Crippen LogP contribution in [0.4, 0.5) is 13.2 Å². The molecule has 1 aromatic rings. The van der Waals surface area contributed by atoms with Crippen LogP contribution >= 0.6 is 0 Å². The Morgan fingerprint density at radius 2 is 2.00 bits per heavy atom. The maximum atomic E-state index is 11.7. The molecule has 1 aromatic heterocycles. The lowest BCUT2D eigenvalue weighted by atomic mass is 10.5. The van der Waals surface area contributed by atoms with Gasteiger partial charge in [0.25, 0.3) is 0 Å². The first kappa shape index (κ1) is 10.7. The zero-order chi connectivity index (χ0) is 10.6. The van der Waals surface area contributed by atoms with Gasteiger partial charge in [0, 0.05) is 6.54 Å². The van der Waals surface area contributed by atoms with Gasteiger partial charge in [-0.3, -0.25) is 4.98 Å². The average molecular weight is 207 g/mol. The highest BCUT2D eigenvalue weighted by atomic mass is 19.4. The molecule has 7 heteroatoms. The number of aromatic nitrogens is 2. The molecule has 0 radical (unpaired) electrons. The summed E-state index contributed by atoms with van der Waals surface area (Å²) in [6.45, 7) is -1.18. The van der Waals surface area contributed by atoms with Crippen molar-refractivity contribution < 1.29 is 17.9 Å². The van der Waals surface area contributed by atoms with Gasteiger partial charge in [-0.15, -0.1) is 0 Å². The van der Waals surface area contributed by atoms with Gasteiger partial charge in [-0.25, -0.2) is 4.98 Å². The molecule has 0 saturated heterocycles. The highest BCUT2D eigenvalue weighted by Crippen LogP contribution is 2.16. The van der Waals surface area contributed by atoms with Crippen LogP contribution in [0.25, 0.3) is 0 Å². The number of nitrogens with two attached hydrogens (primary N) is 1. The average Bonchev–Trinajstić information content (AvgIpc) is 2.14. The van der Waals surface area contributed by atoms with Gasteiger partial charge in [-0.1, -0.05) is 0 Å². The van der Waals surface area contributed by atoms with E-state index in [1.54, 1.807) is 0 Å². The van der Waals surface area contributed by atoms with Crippen LogP contribution in [0.2, 0.25) is 0 Å². The van der Waals surface area contributed by atoms with E-state index in [0.29, 0.717) is 5.69 Å². The zero-order valence-corrected chi connectivity index (χ0v) is 7.08. The molecule has 0 aromatic carbocycles. The molecule has 14 heavy (non-hydrogen) atoms. The fourth-order valence-electron chi connectivity index (χ4n) is 0.679. The Hall–Kier alpha value is -1.37. The van der Waals surface area contributed by atoms with E-state index in [2.05, 4.69) is 14.7 Å². The Bertz CT molecular complexity index is 285. The summed E-state index contributed by atoms with van der Waals surface area (Å²) in [4.78, 5) is 7.31. The summed E-state index contributed by atoms with van der Waals surface area (Å²) in [5.74, 6) is -0.167. The number of alkyl halides is 3. The van der Waals surface area contributed by atoms with Crippen molar-refractivity contribution >= 4 is 0 Å². The summed E-state index contributed by atoms with van der Waals surface area (Å²) >= 11 is 0. The molecule has 0 fully saturated rings. The molecule has 4 nitrogen and oxygen atoms in total. The monoisotopic (exact) mass is 207 g/mol. The Kier molecular flexibility index (Phi) is 3.23. The third-order valence-electron chi connectivity index (χ3n) is 1.27.